The lowest BCUT2D eigenvalue weighted by Gasteiger charge is -2.16. The number of benzene rings is 2. The van der Waals surface area contributed by atoms with Gasteiger partial charge in [0.2, 0.25) is 0 Å². The van der Waals surface area contributed by atoms with Crippen LogP contribution < -0.4 is 10.1 Å². The summed E-state index contributed by atoms with van der Waals surface area (Å²) in [6, 6.07) is 13.6. The van der Waals surface area contributed by atoms with Crippen molar-refractivity contribution in [1.29, 1.82) is 0 Å². The van der Waals surface area contributed by atoms with Crippen molar-refractivity contribution in [2.75, 3.05) is 7.05 Å². The Bertz CT molecular complexity index is 582. The van der Waals surface area contributed by atoms with Gasteiger partial charge in [-0.3, -0.25) is 0 Å². The number of halogens is 2. The molecule has 0 aliphatic carbocycles. The van der Waals surface area contributed by atoms with Gasteiger partial charge in [0, 0.05) is 6.04 Å². The summed E-state index contributed by atoms with van der Waals surface area (Å²) < 4.78 is 5.83. The third-order valence-corrected chi connectivity index (χ3v) is 3.96. The van der Waals surface area contributed by atoms with Crippen molar-refractivity contribution in [2.45, 2.75) is 19.4 Å². The third-order valence-electron chi connectivity index (χ3n) is 3.16. The molecule has 0 fully saturated rings. The average molecular weight is 310 g/mol. The zero-order valence-corrected chi connectivity index (χ0v) is 13.0. The molecule has 2 nitrogen and oxygen atoms in total. The molecule has 2 aromatic carbocycles. The molecule has 0 radical (unpaired) electrons. The molecule has 0 saturated heterocycles. The highest BCUT2D eigenvalue weighted by atomic mass is 35.5. The van der Waals surface area contributed by atoms with Gasteiger partial charge in [-0.25, -0.2) is 0 Å². The minimum atomic E-state index is 0.313. The maximum Gasteiger partial charge on any atom is 0.147 e. The summed E-state index contributed by atoms with van der Waals surface area (Å²) in [7, 11) is 1.95. The van der Waals surface area contributed by atoms with Crippen LogP contribution in [0.4, 0.5) is 0 Å². The summed E-state index contributed by atoms with van der Waals surface area (Å²) in [4.78, 5) is 0. The highest BCUT2D eigenvalue weighted by Crippen LogP contribution is 2.35. The zero-order valence-electron chi connectivity index (χ0n) is 11.5. The number of hydrogen-bond donors (Lipinski definition) is 1. The van der Waals surface area contributed by atoms with E-state index in [1.807, 2.05) is 31.3 Å². The predicted octanol–water partition coefficient (Wildman–Crippen LogP) is 5.46. The quantitative estimate of drug-likeness (QED) is 0.792. The van der Waals surface area contributed by atoms with Crippen LogP contribution in [0.2, 0.25) is 10.0 Å². The van der Waals surface area contributed by atoms with Gasteiger partial charge in [-0.1, -0.05) is 48.3 Å². The van der Waals surface area contributed by atoms with E-state index in [1.165, 1.54) is 5.56 Å². The molecule has 1 atom stereocenters. The second-order valence-electron chi connectivity index (χ2n) is 4.48. The molecule has 0 spiro atoms. The SMILES string of the molecule is CCC(NC)c1cccc(Oc2cccc(Cl)c2Cl)c1. The highest BCUT2D eigenvalue weighted by molar-refractivity contribution is 6.42. The Morgan fingerprint density at radius 1 is 1.15 bits per heavy atom. The van der Waals surface area contributed by atoms with Gasteiger partial charge in [-0.05, 0) is 43.3 Å². The van der Waals surface area contributed by atoms with Gasteiger partial charge in [0.05, 0.1) is 5.02 Å². The van der Waals surface area contributed by atoms with Crippen LogP contribution in [-0.2, 0) is 0 Å². The van der Waals surface area contributed by atoms with Crippen LogP contribution >= 0.6 is 23.2 Å². The topological polar surface area (TPSA) is 21.3 Å². The molecule has 1 unspecified atom stereocenters. The van der Waals surface area contributed by atoms with E-state index >= 15 is 0 Å². The fourth-order valence-corrected chi connectivity index (χ4v) is 2.42. The Balaban J connectivity index is 2.26. The Morgan fingerprint density at radius 2 is 1.90 bits per heavy atom. The van der Waals surface area contributed by atoms with Crippen LogP contribution in [0.5, 0.6) is 11.5 Å². The van der Waals surface area contributed by atoms with Crippen molar-refractivity contribution in [1.82, 2.24) is 5.32 Å². The average Bonchev–Trinajstić information content (AvgIpc) is 2.46. The first-order chi connectivity index (χ1) is 9.65. The highest BCUT2D eigenvalue weighted by Gasteiger charge is 2.10. The second kappa shape index (κ2) is 6.98. The smallest absolute Gasteiger partial charge is 0.147 e. The lowest BCUT2D eigenvalue weighted by atomic mass is 10.0. The molecule has 0 saturated carbocycles. The first kappa shape index (κ1) is 15.2. The Labute approximate surface area is 129 Å². The zero-order chi connectivity index (χ0) is 14.5. The summed E-state index contributed by atoms with van der Waals surface area (Å²) >= 11 is 12.1. The van der Waals surface area contributed by atoms with Crippen molar-refractivity contribution < 1.29 is 4.74 Å². The number of hydrogen-bond acceptors (Lipinski definition) is 2. The molecule has 2 rings (SSSR count). The minimum absolute atomic E-state index is 0.313. The van der Waals surface area contributed by atoms with Gasteiger partial charge >= 0.3 is 0 Å². The molecule has 1 N–H and O–H groups in total. The molecule has 0 aliphatic rings. The van der Waals surface area contributed by atoms with Gasteiger partial charge in [0.15, 0.2) is 0 Å². The number of ether oxygens (including phenoxy) is 1. The van der Waals surface area contributed by atoms with Crippen LogP contribution in [0.1, 0.15) is 24.9 Å². The lowest BCUT2D eigenvalue weighted by molar-refractivity contribution is 0.479. The largest absolute Gasteiger partial charge is 0.456 e. The van der Waals surface area contributed by atoms with Crippen molar-refractivity contribution in [3.63, 3.8) is 0 Å². The second-order valence-corrected chi connectivity index (χ2v) is 5.26. The molecule has 0 aliphatic heterocycles. The van der Waals surface area contributed by atoms with Crippen LogP contribution in [0, 0.1) is 0 Å². The molecule has 2 aromatic rings. The van der Waals surface area contributed by atoms with E-state index in [-0.39, 0.29) is 0 Å². The van der Waals surface area contributed by atoms with E-state index in [0.29, 0.717) is 21.8 Å². The third kappa shape index (κ3) is 3.45. The maximum absolute atomic E-state index is 6.13. The monoisotopic (exact) mass is 309 g/mol. The van der Waals surface area contributed by atoms with Crippen molar-refractivity contribution >= 4 is 23.2 Å². The standard InChI is InChI=1S/C16H17Cl2NO/c1-3-14(19-2)11-6-4-7-12(10-11)20-15-9-5-8-13(17)16(15)18/h4-10,14,19H,3H2,1-2H3. The first-order valence-corrected chi connectivity index (χ1v) is 7.30. The molecule has 0 aromatic heterocycles. The van der Waals surface area contributed by atoms with Gasteiger partial charge < -0.3 is 10.1 Å². The van der Waals surface area contributed by atoms with E-state index in [1.54, 1.807) is 12.1 Å². The Morgan fingerprint density at radius 3 is 2.60 bits per heavy atom. The Hall–Kier alpha value is -1.22. The summed E-state index contributed by atoms with van der Waals surface area (Å²) in [5.74, 6) is 1.31. The molecule has 20 heavy (non-hydrogen) atoms. The van der Waals surface area contributed by atoms with Gasteiger partial charge in [-0.2, -0.15) is 0 Å². The molecule has 106 valence electrons. The van der Waals surface area contributed by atoms with E-state index in [4.69, 9.17) is 27.9 Å². The van der Waals surface area contributed by atoms with E-state index in [9.17, 15) is 0 Å². The van der Waals surface area contributed by atoms with E-state index in [2.05, 4.69) is 18.3 Å². The molecular weight excluding hydrogens is 293 g/mol. The first-order valence-electron chi connectivity index (χ1n) is 6.54. The van der Waals surface area contributed by atoms with Crippen LogP contribution in [-0.4, -0.2) is 7.05 Å². The molecule has 0 amide bonds. The number of nitrogens with one attached hydrogen (secondary N) is 1. The summed E-state index contributed by atoms with van der Waals surface area (Å²) in [6.07, 6.45) is 1.01. The van der Waals surface area contributed by atoms with Gasteiger partial charge in [0.25, 0.3) is 0 Å². The van der Waals surface area contributed by atoms with Crippen molar-refractivity contribution in [3.8, 4) is 11.5 Å². The fourth-order valence-electron chi connectivity index (χ4n) is 2.09. The van der Waals surface area contributed by atoms with Crippen LogP contribution in [0.3, 0.4) is 0 Å². The van der Waals surface area contributed by atoms with Crippen molar-refractivity contribution in [3.05, 3.63) is 58.1 Å². The number of rotatable bonds is 5. The molecule has 4 heteroatoms. The van der Waals surface area contributed by atoms with E-state index < -0.39 is 0 Å². The van der Waals surface area contributed by atoms with Crippen LogP contribution in [0.15, 0.2) is 42.5 Å². The van der Waals surface area contributed by atoms with E-state index in [0.717, 1.165) is 12.2 Å². The summed E-state index contributed by atoms with van der Waals surface area (Å²) in [6.45, 7) is 2.14. The minimum Gasteiger partial charge on any atom is -0.456 e. The maximum atomic E-state index is 6.13. The molecule has 0 bridgehead atoms. The van der Waals surface area contributed by atoms with Gasteiger partial charge in [0.1, 0.15) is 16.5 Å². The summed E-state index contributed by atoms with van der Waals surface area (Å²) in [5.41, 5.74) is 1.19. The normalized spacial score (nSPS) is 12.2. The lowest BCUT2D eigenvalue weighted by Crippen LogP contribution is -2.14. The molecular formula is C16H17Cl2NO. The van der Waals surface area contributed by atoms with Crippen LogP contribution in [0.25, 0.3) is 0 Å². The summed E-state index contributed by atoms with van der Waals surface area (Å²) in [5, 5.41) is 4.20. The predicted molar refractivity (Wildman–Crippen MR) is 85.1 cm³/mol. The van der Waals surface area contributed by atoms with Crippen molar-refractivity contribution in [2.24, 2.45) is 0 Å². The van der Waals surface area contributed by atoms with Gasteiger partial charge in [-0.15, -0.1) is 0 Å². The fraction of sp³-hybridized carbons (Fsp3) is 0.250. The molecule has 0 heterocycles. The Kier molecular flexibility index (Phi) is 5.30.